The summed E-state index contributed by atoms with van der Waals surface area (Å²) in [5, 5.41) is 9.16. The maximum atomic E-state index is 12.6. The predicted octanol–water partition coefficient (Wildman–Crippen LogP) is 3.44. The van der Waals surface area contributed by atoms with Crippen molar-refractivity contribution in [1.29, 1.82) is 0 Å². The second kappa shape index (κ2) is 6.99. The molecule has 1 aliphatic rings. The quantitative estimate of drug-likeness (QED) is 0.925. The zero-order chi connectivity index (χ0) is 16.3. The van der Waals surface area contributed by atoms with E-state index in [4.69, 9.17) is 9.52 Å². The summed E-state index contributed by atoms with van der Waals surface area (Å²) in [4.78, 5) is 25.6. The van der Waals surface area contributed by atoms with Gasteiger partial charge in [0.2, 0.25) is 0 Å². The van der Waals surface area contributed by atoms with Crippen LogP contribution in [0.25, 0.3) is 0 Å². The number of hydrogen-bond acceptors (Lipinski definition) is 3. The summed E-state index contributed by atoms with van der Waals surface area (Å²) in [6, 6.07) is 1.37. The molecule has 5 heteroatoms. The third-order valence-corrected chi connectivity index (χ3v) is 4.57. The fourth-order valence-electron chi connectivity index (χ4n) is 3.13. The molecule has 22 heavy (non-hydrogen) atoms. The first-order valence-electron chi connectivity index (χ1n) is 8.09. The molecule has 1 N–H and O–H groups in total. The molecule has 0 saturated carbocycles. The highest BCUT2D eigenvalue weighted by Gasteiger charge is 2.27. The van der Waals surface area contributed by atoms with Gasteiger partial charge in [-0.1, -0.05) is 20.8 Å². The molecule has 0 aromatic carbocycles. The molecule has 5 nitrogen and oxygen atoms in total. The van der Waals surface area contributed by atoms with Gasteiger partial charge in [0.15, 0.2) is 5.76 Å². The standard InChI is InChI=1S/C17H25NO4/c1-4-14-13(17(20)21)10-15(22-14)16(19)18-8-5-6-12(7-9-18)11(2)3/h10-12H,4-9H2,1-3H3,(H,20,21). The second-order valence-corrected chi connectivity index (χ2v) is 6.33. The van der Waals surface area contributed by atoms with Gasteiger partial charge in [-0.05, 0) is 31.1 Å². The maximum Gasteiger partial charge on any atom is 0.339 e. The highest BCUT2D eigenvalue weighted by Crippen LogP contribution is 2.26. The topological polar surface area (TPSA) is 70.8 Å². The minimum absolute atomic E-state index is 0.0979. The number of hydrogen-bond donors (Lipinski definition) is 1. The molecular weight excluding hydrogens is 282 g/mol. The minimum Gasteiger partial charge on any atom is -0.478 e. The lowest BCUT2D eigenvalue weighted by molar-refractivity contribution is 0.0691. The zero-order valence-corrected chi connectivity index (χ0v) is 13.6. The number of furan rings is 1. The van der Waals surface area contributed by atoms with E-state index in [1.54, 1.807) is 4.90 Å². The average Bonchev–Trinajstić information content (AvgIpc) is 2.76. The Bertz CT molecular complexity index is 547. The van der Waals surface area contributed by atoms with E-state index >= 15 is 0 Å². The number of nitrogens with zero attached hydrogens (tertiary/aromatic N) is 1. The van der Waals surface area contributed by atoms with E-state index in [1.807, 2.05) is 6.92 Å². The van der Waals surface area contributed by atoms with Crippen molar-refractivity contribution in [2.24, 2.45) is 11.8 Å². The van der Waals surface area contributed by atoms with Gasteiger partial charge in [0.05, 0.1) is 0 Å². The van der Waals surface area contributed by atoms with Gasteiger partial charge in [-0.2, -0.15) is 0 Å². The summed E-state index contributed by atoms with van der Waals surface area (Å²) in [6.45, 7) is 7.69. The Morgan fingerprint density at radius 3 is 2.64 bits per heavy atom. The molecule has 2 rings (SSSR count). The normalized spacial score (nSPS) is 19.3. The number of aromatic carboxylic acids is 1. The van der Waals surface area contributed by atoms with Crippen LogP contribution in [0, 0.1) is 11.8 Å². The number of amides is 1. The Balaban J connectivity index is 2.13. The summed E-state index contributed by atoms with van der Waals surface area (Å²) in [7, 11) is 0. The van der Waals surface area contributed by atoms with Crippen molar-refractivity contribution in [3.05, 3.63) is 23.2 Å². The Morgan fingerprint density at radius 2 is 2.09 bits per heavy atom. The van der Waals surface area contributed by atoms with Crippen LogP contribution in [0.5, 0.6) is 0 Å². The van der Waals surface area contributed by atoms with Crippen molar-refractivity contribution in [1.82, 2.24) is 4.90 Å². The predicted molar refractivity (Wildman–Crippen MR) is 83.1 cm³/mol. The monoisotopic (exact) mass is 307 g/mol. The number of likely N-dealkylation sites (tertiary alicyclic amines) is 1. The number of rotatable bonds is 4. The average molecular weight is 307 g/mol. The highest BCUT2D eigenvalue weighted by molar-refractivity contribution is 5.96. The Hall–Kier alpha value is -1.78. The summed E-state index contributed by atoms with van der Waals surface area (Å²) in [5.41, 5.74) is 0.0979. The van der Waals surface area contributed by atoms with Crippen LogP contribution in [-0.4, -0.2) is 35.0 Å². The lowest BCUT2D eigenvalue weighted by Crippen LogP contribution is -2.31. The van der Waals surface area contributed by atoms with Crippen LogP contribution in [0.4, 0.5) is 0 Å². The lowest BCUT2D eigenvalue weighted by Gasteiger charge is -2.20. The van der Waals surface area contributed by atoms with Gasteiger partial charge in [-0.15, -0.1) is 0 Å². The van der Waals surface area contributed by atoms with E-state index in [0.29, 0.717) is 37.1 Å². The molecule has 2 heterocycles. The molecule has 1 aromatic rings. The van der Waals surface area contributed by atoms with E-state index in [9.17, 15) is 9.59 Å². The van der Waals surface area contributed by atoms with Gasteiger partial charge in [0, 0.05) is 25.6 Å². The first kappa shape index (κ1) is 16.6. The molecule has 0 aliphatic carbocycles. The Labute approximate surface area is 131 Å². The molecule has 0 spiro atoms. The van der Waals surface area contributed by atoms with Crippen LogP contribution in [0.1, 0.15) is 66.7 Å². The van der Waals surface area contributed by atoms with Gasteiger partial charge in [-0.25, -0.2) is 4.79 Å². The van der Waals surface area contributed by atoms with E-state index in [1.165, 1.54) is 6.07 Å². The molecular formula is C17H25NO4. The van der Waals surface area contributed by atoms with Crippen molar-refractivity contribution < 1.29 is 19.1 Å². The smallest absolute Gasteiger partial charge is 0.339 e. The number of carbonyl (C=O) groups is 2. The number of carboxylic acid groups (broad SMARTS) is 1. The van der Waals surface area contributed by atoms with Gasteiger partial charge in [0.1, 0.15) is 11.3 Å². The molecule has 1 atom stereocenters. The Morgan fingerprint density at radius 1 is 1.36 bits per heavy atom. The molecule has 1 aliphatic heterocycles. The summed E-state index contributed by atoms with van der Waals surface area (Å²) in [5.74, 6) is 0.559. The summed E-state index contributed by atoms with van der Waals surface area (Å²) in [6.07, 6.45) is 3.59. The molecule has 1 aromatic heterocycles. The molecule has 0 bridgehead atoms. The van der Waals surface area contributed by atoms with Crippen LogP contribution < -0.4 is 0 Å². The van der Waals surface area contributed by atoms with Crippen molar-refractivity contribution in [3.8, 4) is 0 Å². The first-order valence-corrected chi connectivity index (χ1v) is 8.09. The van der Waals surface area contributed by atoms with Crippen molar-refractivity contribution in [3.63, 3.8) is 0 Å². The molecule has 1 amide bonds. The van der Waals surface area contributed by atoms with Crippen LogP contribution in [0.3, 0.4) is 0 Å². The molecule has 1 unspecified atom stereocenters. The number of aryl methyl sites for hydroxylation is 1. The van der Waals surface area contributed by atoms with Crippen molar-refractivity contribution >= 4 is 11.9 Å². The van der Waals surface area contributed by atoms with Gasteiger partial charge in [0.25, 0.3) is 5.91 Å². The van der Waals surface area contributed by atoms with Crippen LogP contribution >= 0.6 is 0 Å². The number of carboxylic acids is 1. The maximum absolute atomic E-state index is 12.6. The summed E-state index contributed by atoms with van der Waals surface area (Å²) >= 11 is 0. The minimum atomic E-state index is -1.05. The zero-order valence-electron chi connectivity index (χ0n) is 13.6. The summed E-state index contributed by atoms with van der Waals surface area (Å²) < 4.78 is 5.48. The number of carbonyl (C=O) groups excluding carboxylic acids is 1. The third-order valence-electron chi connectivity index (χ3n) is 4.57. The lowest BCUT2D eigenvalue weighted by atomic mass is 9.89. The van der Waals surface area contributed by atoms with Gasteiger partial charge < -0.3 is 14.4 Å². The Kier molecular flexibility index (Phi) is 5.27. The van der Waals surface area contributed by atoms with Crippen molar-refractivity contribution in [2.45, 2.75) is 46.5 Å². The van der Waals surface area contributed by atoms with Gasteiger partial charge >= 0.3 is 5.97 Å². The van der Waals surface area contributed by atoms with E-state index in [2.05, 4.69) is 13.8 Å². The second-order valence-electron chi connectivity index (χ2n) is 6.33. The highest BCUT2D eigenvalue weighted by atomic mass is 16.4. The van der Waals surface area contributed by atoms with Crippen molar-refractivity contribution in [2.75, 3.05) is 13.1 Å². The molecule has 1 fully saturated rings. The van der Waals surface area contributed by atoms with Gasteiger partial charge in [-0.3, -0.25) is 4.79 Å². The van der Waals surface area contributed by atoms with E-state index < -0.39 is 5.97 Å². The molecule has 0 radical (unpaired) electrons. The third kappa shape index (κ3) is 3.51. The first-order chi connectivity index (χ1) is 10.4. The fraction of sp³-hybridized carbons (Fsp3) is 0.647. The van der Waals surface area contributed by atoms with Crippen LogP contribution in [0.2, 0.25) is 0 Å². The molecule has 1 saturated heterocycles. The fourth-order valence-corrected chi connectivity index (χ4v) is 3.13. The molecule has 122 valence electrons. The van der Waals surface area contributed by atoms with Crippen LogP contribution in [0.15, 0.2) is 10.5 Å². The van der Waals surface area contributed by atoms with Crippen LogP contribution in [-0.2, 0) is 6.42 Å². The van der Waals surface area contributed by atoms with E-state index in [0.717, 1.165) is 19.3 Å². The SMILES string of the molecule is CCc1oc(C(=O)N2CCCC(C(C)C)CC2)cc1C(=O)O. The largest absolute Gasteiger partial charge is 0.478 e. The van der Waals surface area contributed by atoms with E-state index in [-0.39, 0.29) is 17.2 Å².